The van der Waals surface area contributed by atoms with Crippen LogP contribution in [0.25, 0.3) is 0 Å². The van der Waals surface area contributed by atoms with E-state index < -0.39 is 6.61 Å². The molecule has 0 aliphatic heterocycles. The molecule has 0 saturated carbocycles. The highest BCUT2D eigenvalue weighted by molar-refractivity contribution is 9.10. The van der Waals surface area contributed by atoms with Crippen LogP contribution in [-0.2, 0) is 0 Å². The van der Waals surface area contributed by atoms with Crippen LogP contribution >= 0.6 is 15.9 Å². The molecule has 0 bridgehead atoms. The van der Waals surface area contributed by atoms with Crippen molar-refractivity contribution in [2.75, 3.05) is 0 Å². The Morgan fingerprint density at radius 3 is 2.82 bits per heavy atom. The second-order valence-corrected chi connectivity index (χ2v) is 2.59. The van der Waals surface area contributed by atoms with Crippen molar-refractivity contribution >= 4 is 15.9 Å². The molecular formula is C7H4BrF2O. The van der Waals surface area contributed by atoms with Crippen molar-refractivity contribution in [1.29, 1.82) is 0 Å². The Morgan fingerprint density at radius 1 is 1.55 bits per heavy atom. The Balaban J connectivity index is 2.78. The topological polar surface area (TPSA) is 9.23 Å². The summed E-state index contributed by atoms with van der Waals surface area (Å²) in [6, 6.07) is 7.13. The van der Waals surface area contributed by atoms with E-state index in [0.29, 0.717) is 4.47 Å². The summed E-state index contributed by atoms with van der Waals surface area (Å²) in [6.45, 7) is -2.78. The lowest BCUT2D eigenvalue weighted by Crippen LogP contribution is -2.01. The summed E-state index contributed by atoms with van der Waals surface area (Å²) in [6.07, 6.45) is 0. The van der Waals surface area contributed by atoms with Crippen LogP contribution in [0.3, 0.4) is 0 Å². The fourth-order valence-electron chi connectivity index (χ4n) is 0.587. The zero-order valence-corrected chi connectivity index (χ0v) is 6.94. The van der Waals surface area contributed by atoms with Crippen LogP contribution in [0, 0.1) is 6.07 Å². The molecule has 1 aromatic rings. The van der Waals surface area contributed by atoms with E-state index in [9.17, 15) is 8.78 Å². The first-order chi connectivity index (χ1) is 5.20. The van der Waals surface area contributed by atoms with Gasteiger partial charge in [-0.3, -0.25) is 0 Å². The third-order valence-corrected chi connectivity index (χ3v) is 1.61. The summed E-state index contributed by atoms with van der Waals surface area (Å²) < 4.78 is 27.9. The predicted octanol–water partition coefficient (Wildman–Crippen LogP) is 2.85. The SMILES string of the molecule is FC(F)Oc1cc[c]cc1Br. The quantitative estimate of drug-likeness (QED) is 0.747. The average molecular weight is 222 g/mol. The number of alkyl halides is 2. The van der Waals surface area contributed by atoms with Gasteiger partial charge in [-0.1, -0.05) is 6.07 Å². The van der Waals surface area contributed by atoms with Gasteiger partial charge in [0.2, 0.25) is 0 Å². The molecule has 11 heavy (non-hydrogen) atoms. The van der Waals surface area contributed by atoms with E-state index in [2.05, 4.69) is 26.7 Å². The second-order valence-electron chi connectivity index (χ2n) is 1.74. The molecule has 1 rings (SSSR count). The minimum absolute atomic E-state index is 0.124. The molecule has 0 spiro atoms. The van der Waals surface area contributed by atoms with E-state index in [1.807, 2.05) is 0 Å². The molecule has 1 aromatic carbocycles. The van der Waals surface area contributed by atoms with Crippen molar-refractivity contribution in [3.8, 4) is 5.75 Å². The standard InChI is InChI=1S/C7H4BrF2O/c8-5-3-1-2-4-6(5)11-7(9)10/h2-4,7H. The zero-order valence-electron chi connectivity index (χ0n) is 5.35. The molecule has 0 unspecified atom stereocenters. The van der Waals surface area contributed by atoms with Gasteiger partial charge in [-0.05, 0) is 34.1 Å². The van der Waals surface area contributed by atoms with Crippen LogP contribution < -0.4 is 4.74 Å². The van der Waals surface area contributed by atoms with E-state index in [-0.39, 0.29) is 5.75 Å². The van der Waals surface area contributed by atoms with Gasteiger partial charge in [0.15, 0.2) is 0 Å². The summed E-state index contributed by atoms with van der Waals surface area (Å²) in [4.78, 5) is 0. The van der Waals surface area contributed by atoms with Crippen molar-refractivity contribution in [2.24, 2.45) is 0 Å². The first-order valence-electron chi connectivity index (χ1n) is 2.80. The average Bonchev–Trinajstić information content (AvgIpc) is 1.93. The van der Waals surface area contributed by atoms with Crippen molar-refractivity contribution < 1.29 is 13.5 Å². The minimum Gasteiger partial charge on any atom is -0.434 e. The number of halogens is 3. The van der Waals surface area contributed by atoms with Crippen LogP contribution in [0.2, 0.25) is 0 Å². The van der Waals surface area contributed by atoms with Crippen molar-refractivity contribution in [3.05, 3.63) is 28.7 Å². The maximum atomic E-state index is 11.6. The van der Waals surface area contributed by atoms with Crippen LogP contribution in [0.4, 0.5) is 8.78 Å². The maximum absolute atomic E-state index is 11.6. The molecule has 0 saturated heterocycles. The Kier molecular flexibility index (Phi) is 2.82. The molecule has 0 heterocycles. The fourth-order valence-corrected chi connectivity index (χ4v) is 0.945. The number of benzene rings is 1. The van der Waals surface area contributed by atoms with Gasteiger partial charge in [0.25, 0.3) is 0 Å². The molecule has 0 aromatic heterocycles. The molecule has 4 heteroatoms. The molecule has 0 aliphatic rings. The Morgan fingerprint density at radius 2 is 2.27 bits per heavy atom. The highest BCUT2D eigenvalue weighted by atomic mass is 79.9. The van der Waals surface area contributed by atoms with Crippen LogP contribution in [0.15, 0.2) is 22.7 Å². The minimum atomic E-state index is -2.78. The monoisotopic (exact) mass is 221 g/mol. The van der Waals surface area contributed by atoms with Crippen molar-refractivity contribution in [1.82, 2.24) is 0 Å². The van der Waals surface area contributed by atoms with Gasteiger partial charge < -0.3 is 4.74 Å². The number of hydrogen-bond acceptors (Lipinski definition) is 1. The number of rotatable bonds is 2. The lowest BCUT2D eigenvalue weighted by Gasteiger charge is -2.04. The Bertz CT molecular complexity index is 240. The highest BCUT2D eigenvalue weighted by Gasteiger charge is 2.05. The van der Waals surface area contributed by atoms with E-state index in [0.717, 1.165) is 0 Å². The molecule has 0 atom stereocenters. The molecular weight excluding hydrogens is 218 g/mol. The van der Waals surface area contributed by atoms with Crippen LogP contribution in [0.5, 0.6) is 5.75 Å². The molecule has 1 nitrogen and oxygen atoms in total. The summed E-state index contributed by atoms with van der Waals surface area (Å²) in [5, 5.41) is 0. The molecule has 0 N–H and O–H groups in total. The number of hydrogen-bond donors (Lipinski definition) is 0. The third-order valence-electron chi connectivity index (χ3n) is 0.992. The molecule has 0 amide bonds. The van der Waals surface area contributed by atoms with Gasteiger partial charge in [-0.15, -0.1) is 0 Å². The van der Waals surface area contributed by atoms with E-state index in [1.54, 1.807) is 0 Å². The van der Waals surface area contributed by atoms with E-state index in [4.69, 9.17) is 0 Å². The predicted molar refractivity (Wildman–Crippen MR) is 39.6 cm³/mol. The summed E-state index contributed by atoms with van der Waals surface area (Å²) >= 11 is 3.04. The van der Waals surface area contributed by atoms with Gasteiger partial charge >= 0.3 is 6.61 Å². The van der Waals surface area contributed by atoms with E-state index in [1.165, 1.54) is 18.2 Å². The summed E-state index contributed by atoms with van der Waals surface area (Å²) in [5.41, 5.74) is 0. The van der Waals surface area contributed by atoms with E-state index >= 15 is 0 Å². The van der Waals surface area contributed by atoms with Gasteiger partial charge in [0, 0.05) is 0 Å². The van der Waals surface area contributed by atoms with Gasteiger partial charge in [0.05, 0.1) is 4.47 Å². The number of ether oxygens (including phenoxy) is 1. The fraction of sp³-hybridized carbons (Fsp3) is 0.143. The van der Waals surface area contributed by atoms with Gasteiger partial charge in [-0.2, -0.15) is 8.78 Å². The largest absolute Gasteiger partial charge is 0.434 e. The normalized spacial score (nSPS) is 10.2. The lowest BCUT2D eigenvalue weighted by molar-refractivity contribution is -0.0503. The van der Waals surface area contributed by atoms with Crippen LogP contribution in [-0.4, -0.2) is 6.61 Å². The Hall–Kier alpha value is -0.640. The third kappa shape index (κ3) is 2.46. The van der Waals surface area contributed by atoms with Gasteiger partial charge in [-0.25, -0.2) is 0 Å². The Labute approximate surface area is 71.1 Å². The van der Waals surface area contributed by atoms with Crippen molar-refractivity contribution in [2.45, 2.75) is 6.61 Å². The highest BCUT2D eigenvalue weighted by Crippen LogP contribution is 2.24. The molecule has 0 fully saturated rings. The van der Waals surface area contributed by atoms with Crippen LogP contribution in [0.1, 0.15) is 0 Å². The zero-order chi connectivity index (χ0) is 8.27. The van der Waals surface area contributed by atoms with Crippen molar-refractivity contribution in [3.63, 3.8) is 0 Å². The summed E-state index contributed by atoms with van der Waals surface area (Å²) in [5.74, 6) is 0.124. The molecule has 59 valence electrons. The first kappa shape index (κ1) is 8.46. The lowest BCUT2D eigenvalue weighted by atomic mass is 10.3. The first-order valence-corrected chi connectivity index (χ1v) is 3.60. The van der Waals surface area contributed by atoms with Gasteiger partial charge in [0.1, 0.15) is 5.75 Å². The molecule has 1 radical (unpaired) electrons. The maximum Gasteiger partial charge on any atom is 0.387 e. The molecule has 0 aliphatic carbocycles. The summed E-state index contributed by atoms with van der Waals surface area (Å²) in [7, 11) is 0. The smallest absolute Gasteiger partial charge is 0.387 e. The second kappa shape index (κ2) is 3.67.